The molecule has 0 radical (unpaired) electrons. The average Bonchev–Trinajstić information content (AvgIpc) is 2.87. The third-order valence-corrected chi connectivity index (χ3v) is 6.56. The number of methoxy groups -OCH3 is 2. The van der Waals surface area contributed by atoms with Gasteiger partial charge in [0.15, 0.2) is 0 Å². The van der Waals surface area contributed by atoms with Crippen LogP contribution in [0, 0.1) is 11.3 Å². The van der Waals surface area contributed by atoms with Gasteiger partial charge >= 0.3 is 18.1 Å². The lowest BCUT2D eigenvalue weighted by Crippen LogP contribution is -2.54. The van der Waals surface area contributed by atoms with E-state index in [9.17, 15) is 14.4 Å². The van der Waals surface area contributed by atoms with Crippen LogP contribution in [-0.4, -0.2) is 87.2 Å². The van der Waals surface area contributed by atoms with Crippen molar-refractivity contribution in [1.29, 1.82) is 5.41 Å². The van der Waals surface area contributed by atoms with E-state index in [2.05, 4.69) is 15.0 Å². The summed E-state index contributed by atoms with van der Waals surface area (Å²) in [6.07, 6.45) is 2.46. The highest BCUT2D eigenvalue weighted by Crippen LogP contribution is 2.28. The standard InChI is InChI=1S/C23H33N5O5/c1-26(18-8-6-17(7-9-18)21(29)32-2)23(31)28-14-12-27(13-15-28)19-10-4-16(5-11-19)20(24)25-22(30)33-3/h4-5,10-11,17-18H,6-9,12-15H2,1-3H3,(H2,24,25,30). The number of carbonyl (C=O) groups is 3. The summed E-state index contributed by atoms with van der Waals surface area (Å²) < 4.78 is 9.36. The van der Waals surface area contributed by atoms with Crippen LogP contribution in [0.25, 0.3) is 0 Å². The molecular formula is C23H33N5O5. The van der Waals surface area contributed by atoms with Crippen LogP contribution >= 0.6 is 0 Å². The van der Waals surface area contributed by atoms with Gasteiger partial charge in [0.25, 0.3) is 0 Å². The second-order valence-corrected chi connectivity index (χ2v) is 8.43. The Labute approximate surface area is 194 Å². The zero-order chi connectivity index (χ0) is 24.0. The van der Waals surface area contributed by atoms with Crippen molar-refractivity contribution in [3.8, 4) is 0 Å². The van der Waals surface area contributed by atoms with Crippen molar-refractivity contribution in [2.75, 3.05) is 52.3 Å². The fourth-order valence-electron chi connectivity index (χ4n) is 4.46. The van der Waals surface area contributed by atoms with Crippen molar-refractivity contribution in [2.45, 2.75) is 31.7 Å². The lowest BCUT2D eigenvalue weighted by atomic mass is 9.85. The molecule has 33 heavy (non-hydrogen) atoms. The van der Waals surface area contributed by atoms with E-state index in [1.54, 1.807) is 12.1 Å². The zero-order valence-electron chi connectivity index (χ0n) is 19.5. The molecule has 1 aromatic carbocycles. The molecule has 2 N–H and O–H groups in total. The Hall–Kier alpha value is -3.30. The quantitative estimate of drug-likeness (QED) is 0.406. The van der Waals surface area contributed by atoms with Crippen LogP contribution in [0.1, 0.15) is 31.2 Å². The maximum atomic E-state index is 13.0. The molecule has 10 nitrogen and oxygen atoms in total. The molecule has 0 aromatic heterocycles. The SMILES string of the molecule is COC(=O)NC(=N)c1ccc(N2CCN(C(=O)N(C)C3CCC(C(=O)OC)CC3)CC2)cc1. The zero-order valence-corrected chi connectivity index (χ0v) is 19.5. The highest BCUT2D eigenvalue weighted by molar-refractivity contribution is 6.04. The van der Waals surface area contributed by atoms with Crippen molar-refractivity contribution < 1.29 is 23.9 Å². The summed E-state index contributed by atoms with van der Waals surface area (Å²) in [5.74, 6) is -0.222. The van der Waals surface area contributed by atoms with Crippen LogP contribution in [0.2, 0.25) is 0 Å². The molecule has 1 aliphatic heterocycles. The van der Waals surface area contributed by atoms with E-state index in [0.717, 1.165) is 31.4 Å². The molecule has 3 amide bonds. The van der Waals surface area contributed by atoms with Gasteiger partial charge in [0, 0.05) is 50.5 Å². The number of anilines is 1. The second kappa shape index (κ2) is 11.0. The highest BCUT2D eigenvalue weighted by atomic mass is 16.5. The number of piperazine rings is 1. The number of benzene rings is 1. The first-order chi connectivity index (χ1) is 15.8. The largest absolute Gasteiger partial charge is 0.469 e. The molecular weight excluding hydrogens is 426 g/mol. The van der Waals surface area contributed by atoms with Gasteiger partial charge in [0.2, 0.25) is 0 Å². The Morgan fingerprint density at radius 3 is 2.12 bits per heavy atom. The summed E-state index contributed by atoms with van der Waals surface area (Å²) in [5.41, 5.74) is 1.59. The van der Waals surface area contributed by atoms with E-state index in [0.29, 0.717) is 31.7 Å². The Morgan fingerprint density at radius 2 is 1.58 bits per heavy atom. The maximum absolute atomic E-state index is 13.0. The number of ether oxygens (including phenoxy) is 2. The van der Waals surface area contributed by atoms with Crippen LogP contribution in [-0.2, 0) is 14.3 Å². The number of hydrogen-bond donors (Lipinski definition) is 2. The summed E-state index contributed by atoms with van der Waals surface area (Å²) in [6.45, 7) is 2.68. The van der Waals surface area contributed by atoms with Crippen molar-refractivity contribution in [3.05, 3.63) is 29.8 Å². The normalized spacial score (nSPS) is 20.6. The minimum absolute atomic E-state index is 0.0209. The van der Waals surface area contributed by atoms with Crippen molar-refractivity contribution >= 4 is 29.6 Å². The molecule has 1 aromatic rings. The summed E-state index contributed by atoms with van der Waals surface area (Å²) in [5, 5.41) is 10.3. The minimum atomic E-state index is -0.675. The van der Waals surface area contributed by atoms with Gasteiger partial charge in [-0.1, -0.05) is 0 Å². The number of nitrogens with zero attached hydrogens (tertiary/aromatic N) is 3. The fourth-order valence-corrected chi connectivity index (χ4v) is 4.46. The number of esters is 1. The molecule has 1 saturated carbocycles. The number of hydrogen-bond acceptors (Lipinski definition) is 7. The molecule has 0 spiro atoms. The van der Waals surface area contributed by atoms with Crippen LogP contribution in [0.3, 0.4) is 0 Å². The number of rotatable bonds is 4. The molecule has 2 fully saturated rings. The van der Waals surface area contributed by atoms with Gasteiger partial charge in [0.1, 0.15) is 5.84 Å². The number of urea groups is 1. The van der Waals surface area contributed by atoms with Gasteiger partial charge in [-0.2, -0.15) is 0 Å². The Balaban J connectivity index is 1.48. The van der Waals surface area contributed by atoms with E-state index in [1.807, 2.05) is 29.0 Å². The molecule has 180 valence electrons. The molecule has 2 aliphatic rings. The van der Waals surface area contributed by atoms with Crippen LogP contribution in [0.4, 0.5) is 15.3 Å². The molecule has 1 aliphatic carbocycles. The van der Waals surface area contributed by atoms with Gasteiger partial charge in [-0.25, -0.2) is 9.59 Å². The summed E-state index contributed by atoms with van der Waals surface area (Å²) in [6, 6.07) is 7.57. The average molecular weight is 460 g/mol. The second-order valence-electron chi connectivity index (χ2n) is 8.43. The molecule has 0 bridgehead atoms. The minimum Gasteiger partial charge on any atom is -0.469 e. The van der Waals surface area contributed by atoms with Crippen molar-refractivity contribution in [2.24, 2.45) is 5.92 Å². The summed E-state index contributed by atoms with van der Waals surface area (Å²) in [7, 11) is 4.53. The molecule has 0 unspecified atom stereocenters. The Bertz CT molecular complexity index is 858. The summed E-state index contributed by atoms with van der Waals surface area (Å²) in [4.78, 5) is 41.9. The molecule has 3 rings (SSSR count). The van der Waals surface area contributed by atoms with Gasteiger partial charge in [0.05, 0.1) is 20.1 Å². The first-order valence-electron chi connectivity index (χ1n) is 11.2. The van der Waals surface area contributed by atoms with E-state index >= 15 is 0 Å². The molecule has 1 heterocycles. The van der Waals surface area contributed by atoms with E-state index in [-0.39, 0.29) is 29.8 Å². The molecule has 10 heteroatoms. The van der Waals surface area contributed by atoms with Gasteiger partial charge in [-0.15, -0.1) is 0 Å². The monoisotopic (exact) mass is 459 g/mol. The van der Waals surface area contributed by atoms with Crippen LogP contribution in [0.15, 0.2) is 24.3 Å². The van der Waals surface area contributed by atoms with E-state index in [4.69, 9.17) is 10.1 Å². The van der Waals surface area contributed by atoms with Crippen LogP contribution < -0.4 is 10.2 Å². The predicted molar refractivity (Wildman–Crippen MR) is 124 cm³/mol. The Morgan fingerprint density at radius 1 is 0.970 bits per heavy atom. The van der Waals surface area contributed by atoms with Crippen molar-refractivity contribution in [3.63, 3.8) is 0 Å². The topological polar surface area (TPSA) is 115 Å². The van der Waals surface area contributed by atoms with Crippen molar-refractivity contribution in [1.82, 2.24) is 15.1 Å². The van der Waals surface area contributed by atoms with Gasteiger partial charge in [-0.3, -0.25) is 15.5 Å². The Kier molecular flexibility index (Phi) is 8.13. The third-order valence-electron chi connectivity index (χ3n) is 6.56. The lowest BCUT2D eigenvalue weighted by molar-refractivity contribution is -0.146. The number of alkyl carbamates (subject to hydrolysis) is 1. The predicted octanol–water partition coefficient (Wildman–Crippen LogP) is 2.27. The highest BCUT2D eigenvalue weighted by Gasteiger charge is 2.32. The van der Waals surface area contributed by atoms with Crippen LogP contribution in [0.5, 0.6) is 0 Å². The third kappa shape index (κ3) is 5.94. The molecule has 1 saturated heterocycles. The lowest BCUT2D eigenvalue weighted by Gasteiger charge is -2.40. The maximum Gasteiger partial charge on any atom is 0.412 e. The first kappa shape index (κ1) is 24.3. The van der Waals surface area contributed by atoms with E-state index in [1.165, 1.54) is 14.2 Å². The number of nitrogens with one attached hydrogen (secondary N) is 2. The summed E-state index contributed by atoms with van der Waals surface area (Å²) >= 11 is 0. The van der Waals surface area contributed by atoms with E-state index < -0.39 is 6.09 Å². The number of amidine groups is 1. The number of amides is 3. The number of carbonyl (C=O) groups excluding carboxylic acids is 3. The van der Waals surface area contributed by atoms with Gasteiger partial charge in [-0.05, 0) is 49.9 Å². The first-order valence-corrected chi connectivity index (χ1v) is 11.2. The smallest absolute Gasteiger partial charge is 0.412 e. The van der Waals surface area contributed by atoms with Gasteiger partial charge < -0.3 is 24.2 Å². The molecule has 0 atom stereocenters. The fraction of sp³-hybridized carbons (Fsp3) is 0.565.